The third-order valence-corrected chi connectivity index (χ3v) is 1.12. The number of phenolic OH excluding ortho intramolecular Hbond substituents is 2. The summed E-state index contributed by atoms with van der Waals surface area (Å²) >= 11 is 0. The van der Waals surface area contributed by atoms with Crippen molar-refractivity contribution in [2.24, 2.45) is 0 Å². The number of rotatable bonds is 0. The van der Waals surface area contributed by atoms with E-state index in [-0.39, 0.29) is 11.5 Å². The van der Waals surface area contributed by atoms with Gasteiger partial charge in [0, 0.05) is 0 Å². The molecule has 2 aromatic rings. The number of nitrogens with zero attached hydrogens (tertiary/aromatic N) is 3. The SMILES string of the molecule is Oc1ccc(O)cc1.c1nnn[nH]1. The van der Waals surface area contributed by atoms with Crippen molar-refractivity contribution >= 4 is 0 Å². The molecule has 0 unspecified atom stereocenters. The minimum Gasteiger partial charge on any atom is -0.508 e. The highest BCUT2D eigenvalue weighted by molar-refractivity contribution is 5.28. The number of nitrogens with one attached hydrogen (secondary N) is 1. The Morgan fingerprint density at radius 1 is 1.00 bits per heavy atom. The summed E-state index contributed by atoms with van der Waals surface area (Å²) in [5, 5.41) is 29.4. The van der Waals surface area contributed by atoms with Gasteiger partial charge < -0.3 is 10.2 Å². The molecule has 68 valence electrons. The third-order valence-electron chi connectivity index (χ3n) is 1.12. The molecule has 1 heterocycles. The lowest BCUT2D eigenvalue weighted by atomic mass is 10.3. The van der Waals surface area contributed by atoms with Gasteiger partial charge in [0.1, 0.15) is 17.8 Å². The van der Waals surface area contributed by atoms with Crippen LogP contribution in [0.4, 0.5) is 0 Å². The third kappa shape index (κ3) is 3.71. The van der Waals surface area contributed by atoms with E-state index in [1.165, 1.54) is 30.6 Å². The van der Waals surface area contributed by atoms with Crippen molar-refractivity contribution < 1.29 is 10.2 Å². The second-order valence-electron chi connectivity index (χ2n) is 2.08. The topological polar surface area (TPSA) is 94.9 Å². The summed E-state index contributed by atoms with van der Waals surface area (Å²) < 4.78 is 0. The second-order valence-corrected chi connectivity index (χ2v) is 2.08. The summed E-state index contributed by atoms with van der Waals surface area (Å²) in [6.45, 7) is 0. The average molecular weight is 180 g/mol. The number of aromatic hydroxyl groups is 2. The van der Waals surface area contributed by atoms with Gasteiger partial charge in [0.2, 0.25) is 0 Å². The van der Waals surface area contributed by atoms with E-state index < -0.39 is 0 Å². The molecule has 13 heavy (non-hydrogen) atoms. The maximum atomic E-state index is 8.65. The van der Waals surface area contributed by atoms with Crippen molar-refractivity contribution in [3.8, 4) is 11.5 Å². The van der Waals surface area contributed by atoms with Gasteiger partial charge in [0.25, 0.3) is 0 Å². The summed E-state index contributed by atoms with van der Waals surface area (Å²) in [4.78, 5) is 0. The van der Waals surface area contributed by atoms with Gasteiger partial charge in [-0.15, -0.1) is 5.10 Å². The van der Waals surface area contributed by atoms with Crippen LogP contribution in [-0.4, -0.2) is 30.8 Å². The molecule has 0 fully saturated rings. The lowest BCUT2D eigenvalue weighted by Gasteiger charge is -1.88. The minimum absolute atomic E-state index is 0.169. The van der Waals surface area contributed by atoms with E-state index >= 15 is 0 Å². The first-order valence-electron chi connectivity index (χ1n) is 3.44. The molecular formula is C7H8N4O2. The molecule has 0 aliphatic carbocycles. The van der Waals surface area contributed by atoms with Gasteiger partial charge in [-0.3, -0.25) is 0 Å². The number of benzene rings is 1. The highest BCUT2D eigenvalue weighted by Crippen LogP contribution is 2.13. The molecule has 0 atom stereocenters. The summed E-state index contributed by atoms with van der Waals surface area (Å²) in [6.07, 6.45) is 1.40. The summed E-state index contributed by atoms with van der Waals surface area (Å²) in [6, 6.07) is 5.70. The number of phenols is 2. The van der Waals surface area contributed by atoms with Crippen molar-refractivity contribution in [1.29, 1.82) is 0 Å². The Balaban J connectivity index is 0.000000145. The monoisotopic (exact) mass is 180 g/mol. The van der Waals surface area contributed by atoms with Crippen LogP contribution in [0.25, 0.3) is 0 Å². The highest BCUT2D eigenvalue weighted by Gasteiger charge is 1.84. The Kier molecular flexibility index (Phi) is 3.25. The largest absolute Gasteiger partial charge is 0.508 e. The molecule has 0 saturated carbocycles. The highest BCUT2D eigenvalue weighted by atomic mass is 16.3. The van der Waals surface area contributed by atoms with Crippen molar-refractivity contribution in [3.05, 3.63) is 30.6 Å². The standard InChI is InChI=1S/C6H6O2.CH2N4/c7-5-1-2-6(8)4-3-5;1-2-4-5-3-1/h1-4,7-8H;1H,(H,2,3,4,5). The molecule has 0 aliphatic rings. The van der Waals surface area contributed by atoms with Crippen molar-refractivity contribution in [3.63, 3.8) is 0 Å². The fourth-order valence-electron chi connectivity index (χ4n) is 0.582. The van der Waals surface area contributed by atoms with Crippen molar-refractivity contribution in [2.75, 3.05) is 0 Å². The molecule has 0 bridgehead atoms. The molecule has 6 heteroatoms. The van der Waals surface area contributed by atoms with Gasteiger partial charge >= 0.3 is 0 Å². The maximum absolute atomic E-state index is 8.65. The Hall–Kier alpha value is -2.11. The van der Waals surface area contributed by atoms with Crippen LogP contribution < -0.4 is 0 Å². The first kappa shape index (κ1) is 8.98. The quantitative estimate of drug-likeness (QED) is 0.507. The zero-order valence-electron chi connectivity index (χ0n) is 6.62. The van der Waals surface area contributed by atoms with Crippen LogP contribution >= 0.6 is 0 Å². The fourth-order valence-corrected chi connectivity index (χ4v) is 0.582. The first-order valence-corrected chi connectivity index (χ1v) is 3.44. The molecule has 0 radical (unpaired) electrons. The summed E-state index contributed by atoms with van der Waals surface area (Å²) in [7, 11) is 0. The molecule has 1 aromatic carbocycles. The average Bonchev–Trinajstić information content (AvgIpc) is 2.68. The van der Waals surface area contributed by atoms with Gasteiger partial charge in [-0.2, -0.15) is 0 Å². The Bertz CT molecular complexity index is 281. The Labute approximate surface area is 73.9 Å². The second kappa shape index (κ2) is 4.70. The van der Waals surface area contributed by atoms with Crippen LogP contribution in [0.2, 0.25) is 0 Å². The van der Waals surface area contributed by atoms with Crippen LogP contribution in [0.5, 0.6) is 11.5 Å². The van der Waals surface area contributed by atoms with Crippen LogP contribution in [0, 0.1) is 0 Å². The normalized spacial score (nSPS) is 8.62. The Morgan fingerprint density at radius 2 is 1.54 bits per heavy atom. The smallest absolute Gasteiger partial charge is 0.135 e. The van der Waals surface area contributed by atoms with Crippen molar-refractivity contribution in [2.45, 2.75) is 0 Å². The minimum atomic E-state index is 0.169. The van der Waals surface area contributed by atoms with Crippen LogP contribution in [-0.2, 0) is 0 Å². The number of tetrazole rings is 1. The van der Waals surface area contributed by atoms with E-state index in [1.54, 1.807) is 0 Å². The molecule has 0 saturated heterocycles. The number of aromatic nitrogens is 4. The van der Waals surface area contributed by atoms with Crippen LogP contribution in [0.1, 0.15) is 0 Å². The molecule has 0 spiro atoms. The first-order chi connectivity index (χ1) is 6.29. The lowest BCUT2D eigenvalue weighted by Crippen LogP contribution is -1.64. The molecule has 0 aliphatic heterocycles. The number of H-pyrrole nitrogens is 1. The predicted molar refractivity (Wildman–Crippen MR) is 43.9 cm³/mol. The van der Waals surface area contributed by atoms with E-state index in [1.807, 2.05) is 0 Å². The van der Waals surface area contributed by atoms with E-state index in [4.69, 9.17) is 10.2 Å². The van der Waals surface area contributed by atoms with E-state index in [0.29, 0.717) is 0 Å². The van der Waals surface area contributed by atoms with Crippen LogP contribution in [0.3, 0.4) is 0 Å². The van der Waals surface area contributed by atoms with E-state index in [2.05, 4.69) is 20.6 Å². The fraction of sp³-hybridized carbons (Fsp3) is 0. The maximum Gasteiger partial charge on any atom is 0.135 e. The van der Waals surface area contributed by atoms with E-state index in [0.717, 1.165) is 0 Å². The van der Waals surface area contributed by atoms with Gasteiger partial charge in [0.15, 0.2) is 0 Å². The predicted octanol–water partition coefficient (Wildman–Crippen LogP) is 0.297. The van der Waals surface area contributed by atoms with E-state index in [9.17, 15) is 0 Å². The van der Waals surface area contributed by atoms with Gasteiger partial charge in [-0.05, 0) is 34.7 Å². The number of hydrogen-bond acceptors (Lipinski definition) is 5. The van der Waals surface area contributed by atoms with Crippen LogP contribution in [0.15, 0.2) is 30.6 Å². The Morgan fingerprint density at radius 3 is 1.77 bits per heavy atom. The summed E-state index contributed by atoms with van der Waals surface area (Å²) in [5.41, 5.74) is 0. The molecule has 1 aromatic heterocycles. The zero-order valence-corrected chi connectivity index (χ0v) is 6.62. The molecule has 6 nitrogen and oxygen atoms in total. The van der Waals surface area contributed by atoms with Gasteiger partial charge in [-0.25, -0.2) is 5.10 Å². The van der Waals surface area contributed by atoms with Gasteiger partial charge in [-0.1, -0.05) is 0 Å². The van der Waals surface area contributed by atoms with Crippen molar-refractivity contribution in [1.82, 2.24) is 20.6 Å². The molecule has 3 N–H and O–H groups in total. The number of aromatic amines is 1. The van der Waals surface area contributed by atoms with Gasteiger partial charge in [0.05, 0.1) is 0 Å². The molecular weight excluding hydrogens is 172 g/mol. The number of hydrogen-bond donors (Lipinski definition) is 3. The zero-order chi connectivity index (χ0) is 9.52. The molecule has 0 amide bonds. The summed E-state index contributed by atoms with van der Waals surface area (Å²) in [5.74, 6) is 0.339. The lowest BCUT2D eigenvalue weighted by molar-refractivity contribution is 0.460. The molecule has 2 rings (SSSR count).